The molecule has 0 bridgehead atoms. The number of nitrogens with zero attached hydrogens (tertiary/aromatic N) is 1. The van der Waals surface area contributed by atoms with Crippen LogP contribution in [0.4, 0.5) is 4.39 Å². The van der Waals surface area contributed by atoms with Crippen molar-refractivity contribution < 1.29 is 4.39 Å². The zero-order valence-electron chi connectivity index (χ0n) is 18.1. The van der Waals surface area contributed by atoms with E-state index in [1.807, 2.05) is 36.4 Å². The van der Waals surface area contributed by atoms with Gasteiger partial charge in [0.2, 0.25) is 0 Å². The van der Waals surface area contributed by atoms with Gasteiger partial charge < -0.3 is 0 Å². The van der Waals surface area contributed by atoms with Crippen LogP contribution in [0.5, 0.6) is 0 Å². The molecule has 0 atom stereocenters. The van der Waals surface area contributed by atoms with Gasteiger partial charge in [0.25, 0.3) is 0 Å². The molecule has 0 N–H and O–H groups in total. The highest BCUT2D eigenvalue weighted by molar-refractivity contribution is 5.84. The summed E-state index contributed by atoms with van der Waals surface area (Å²) in [5.41, 5.74) is 3.84. The summed E-state index contributed by atoms with van der Waals surface area (Å²) < 4.78 is 15.1. The van der Waals surface area contributed by atoms with Crippen LogP contribution in [0.15, 0.2) is 67.3 Å². The maximum Gasteiger partial charge on any atom is 0.134 e. The Kier molecular flexibility index (Phi) is 6.82. The van der Waals surface area contributed by atoms with Crippen molar-refractivity contribution in [2.45, 2.75) is 51.4 Å². The molecule has 0 aliphatic heterocycles. The topological polar surface area (TPSA) is 23.8 Å². The Balaban J connectivity index is 1.39. The minimum absolute atomic E-state index is 0.0968. The van der Waals surface area contributed by atoms with Crippen molar-refractivity contribution in [3.05, 3.63) is 95.3 Å². The third kappa shape index (κ3) is 5.23. The number of halogens is 1. The fraction of sp³-hybridized carbons (Fsp3) is 0.345. The summed E-state index contributed by atoms with van der Waals surface area (Å²) >= 11 is 0. The average molecular weight is 412 g/mol. The third-order valence-electron chi connectivity index (χ3n) is 6.93. The third-order valence-corrected chi connectivity index (χ3v) is 6.93. The molecular formula is C29H30FN. The molecule has 0 saturated heterocycles. The fourth-order valence-electron chi connectivity index (χ4n) is 4.84. The highest BCUT2D eigenvalue weighted by Gasteiger charge is 2.19. The maximum absolute atomic E-state index is 15.1. The zero-order valence-corrected chi connectivity index (χ0v) is 18.1. The number of allylic oxidation sites excluding steroid dienone is 1. The molecule has 4 rings (SSSR count). The molecule has 0 radical (unpaired) electrons. The van der Waals surface area contributed by atoms with E-state index in [0.717, 1.165) is 35.3 Å². The van der Waals surface area contributed by atoms with Crippen LogP contribution >= 0.6 is 0 Å². The predicted octanol–water partition coefficient (Wildman–Crippen LogP) is 7.56. The van der Waals surface area contributed by atoms with Crippen molar-refractivity contribution in [1.29, 1.82) is 5.26 Å². The summed E-state index contributed by atoms with van der Waals surface area (Å²) in [5, 5.41) is 10.6. The first-order valence-electron chi connectivity index (χ1n) is 11.5. The van der Waals surface area contributed by atoms with Gasteiger partial charge in [-0.2, -0.15) is 5.26 Å². The van der Waals surface area contributed by atoms with Crippen molar-refractivity contribution in [2.75, 3.05) is 0 Å². The monoisotopic (exact) mass is 411 g/mol. The van der Waals surface area contributed by atoms with Gasteiger partial charge in [0.05, 0.1) is 11.6 Å². The standard InChI is InChI=1S/C29H30FN/c1-2-21-3-5-22(6-4-21)7-10-24-14-18-28-27(19-24)17-16-26(29(28)30)15-13-23-8-11-25(20-31)12-9-23/h2,8-9,11-12,14,16-19,21-22H,1,3-7,10,13,15H2. The van der Waals surface area contributed by atoms with Gasteiger partial charge in [0.1, 0.15) is 5.82 Å². The summed E-state index contributed by atoms with van der Waals surface area (Å²) in [7, 11) is 0. The molecule has 3 aromatic rings. The Morgan fingerprint density at radius 1 is 0.903 bits per heavy atom. The van der Waals surface area contributed by atoms with Crippen molar-refractivity contribution in [2.24, 2.45) is 11.8 Å². The second-order valence-corrected chi connectivity index (χ2v) is 8.96. The fourth-order valence-corrected chi connectivity index (χ4v) is 4.84. The van der Waals surface area contributed by atoms with E-state index in [1.165, 1.54) is 37.7 Å². The SMILES string of the molecule is C=CC1CCC(CCc2ccc3c(F)c(CCc4ccc(C#N)cc4)ccc3c2)CC1. The lowest BCUT2D eigenvalue weighted by atomic mass is 9.79. The summed E-state index contributed by atoms with van der Waals surface area (Å²) in [6.07, 6.45) is 11.0. The molecule has 0 amide bonds. The van der Waals surface area contributed by atoms with E-state index >= 15 is 4.39 Å². The van der Waals surface area contributed by atoms with Gasteiger partial charge in [0.15, 0.2) is 0 Å². The minimum Gasteiger partial charge on any atom is -0.206 e. The normalized spacial score (nSPS) is 18.6. The molecule has 0 unspecified atom stereocenters. The molecule has 0 aromatic heterocycles. The van der Waals surface area contributed by atoms with Gasteiger partial charge in [-0.1, -0.05) is 48.5 Å². The number of fused-ring (bicyclic) bond motifs is 1. The van der Waals surface area contributed by atoms with Gasteiger partial charge >= 0.3 is 0 Å². The van der Waals surface area contributed by atoms with Crippen LogP contribution in [-0.4, -0.2) is 0 Å². The van der Waals surface area contributed by atoms with E-state index in [2.05, 4.69) is 36.9 Å². The Morgan fingerprint density at radius 3 is 2.35 bits per heavy atom. The summed E-state index contributed by atoms with van der Waals surface area (Å²) in [6.45, 7) is 3.94. The number of benzene rings is 3. The number of rotatable bonds is 7. The largest absolute Gasteiger partial charge is 0.206 e. The summed E-state index contributed by atoms with van der Waals surface area (Å²) in [6, 6.07) is 19.9. The van der Waals surface area contributed by atoms with Crippen LogP contribution < -0.4 is 0 Å². The molecule has 1 fully saturated rings. The van der Waals surface area contributed by atoms with Gasteiger partial charge in [-0.05, 0) is 97.4 Å². The van der Waals surface area contributed by atoms with Gasteiger partial charge in [-0.3, -0.25) is 0 Å². The predicted molar refractivity (Wildman–Crippen MR) is 126 cm³/mol. The summed E-state index contributed by atoms with van der Waals surface area (Å²) in [5.74, 6) is 1.43. The minimum atomic E-state index is -0.0968. The van der Waals surface area contributed by atoms with Crippen molar-refractivity contribution >= 4 is 10.8 Å². The number of aryl methyl sites for hydroxylation is 3. The highest BCUT2D eigenvalue weighted by atomic mass is 19.1. The molecule has 1 aliphatic carbocycles. The van der Waals surface area contributed by atoms with Gasteiger partial charge in [-0.25, -0.2) is 4.39 Å². The van der Waals surface area contributed by atoms with Crippen LogP contribution in [0.25, 0.3) is 10.8 Å². The Hall–Kier alpha value is -2.92. The lowest BCUT2D eigenvalue weighted by Crippen LogP contribution is -2.13. The number of hydrogen-bond donors (Lipinski definition) is 0. The molecule has 1 aliphatic rings. The van der Waals surface area contributed by atoms with Gasteiger partial charge in [0, 0.05) is 5.39 Å². The van der Waals surface area contributed by atoms with Crippen LogP contribution in [0, 0.1) is 29.0 Å². The average Bonchev–Trinajstić information content (AvgIpc) is 2.83. The van der Waals surface area contributed by atoms with E-state index in [4.69, 9.17) is 5.26 Å². The van der Waals surface area contributed by atoms with E-state index in [0.29, 0.717) is 23.3 Å². The quantitative estimate of drug-likeness (QED) is 0.368. The van der Waals surface area contributed by atoms with Crippen LogP contribution in [0.2, 0.25) is 0 Å². The second-order valence-electron chi connectivity index (χ2n) is 8.96. The first-order valence-corrected chi connectivity index (χ1v) is 11.5. The molecule has 0 heterocycles. The molecule has 31 heavy (non-hydrogen) atoms. The van der Waals surface area contributed by atoms with Crippen LogP contribution in [0.3, 0.4) is 0 Å². The lowest BCUT2D eigenvalue weighted by molar-refractivity contribution is 0.296. The zero-order chi connectivity index (χ0) is 21.6. The van der Waals surface area contributed by atoms with E-state index < -0.39 is 0 Å². The van der Waals surface area contributed by atoms with E-state index in [9.17, 15) is 0 Å². The smallest absolute Gasteiger partial charge is 0.134 e. The maximum atomic E-state index is 15.1. The molecule has 3 aromatic carbocycles. The molecule has 2 heteroatoms. The van der Waals surface area contributed by atoms with Gasteiger partial charge in [-0.15, -0.1) is 6.58 Å². The molecule has 158 valence electrons. The van der Waals surface area contributed by atoms with E-state index in [-0.39, 0.29) is 5.82 Å². The Bertz CT molecular complexity index is 1080. The summed E-state index contributed by atoms with van der Waals surface area (Å²) in [4.78, 5) is 0. The first kappa shape index (κ1) is 21.3. The molecule has 0 spiro atoms. The van der Waals surface area contributed by atoms with E-state index in [1.54, 1.807) is 0 Å². The highest BCUT2D eigenvalue weighted by Crippen LogP contribution is 2.32. The van der Waals surface area contributed by atoms with Crippen molar-refractivity contribution in [3.63, 3.8) is 0 Å². The van der Waals surface area contributed by atoms with Crippen molar-refractivity contribution in [1.82, 2.24) is 0 Å². The lowest BCUT2D eigenvalue weighted by Gasteiger charge is -2.26. The van der Waals surface area contributed by atoms with Crippen LogP contribution in [-0.2, 0) is 19.3 Å². The number of nitriles is 1. The Labute approximate surface area is 185 Å². The second kappa shape index (κ2) is 9.92. The molecular weight excluding hydrogens is 381 g/mol. The number of hydrogen-bond acceptors (Lipinski definition) is 1. The van der Waals surface area contributed by atoms with Crippen molar-refractivity contribution in [3.8, 4) is 6.07 Å². The molecule has 1 nitrogen and oxygen atoms in total. The molecule has 1 saturated carbocycles. The first-order chi connectivity index (χ1) is 15.2. The van der Waals surface area contributed by atoms with Crippen LogP contribution in [0.1, 0.15) is 54.4 Å². The Morgan fingerprint density at radius 2 is 1.65 bits per heavy atom.